The summed E-state index contributed by atoms with van der Waals surface area (Å²) in [7, 11) is 0. The van der Waals surface area contributed by atoms with Crippen LogP contribution in [0.3, 0.4) is 0 Å². The average Bonchev–Trinajstić information content (AvgIpc) is 3.55. The molecule has 37 heavy (non-hydrogen) atoms. The fourth-order valence-electron chi connectivity index (χ4n) is 5.81. The van der Waals surface area contributed by atoms with Crippen molar-refractivity contribution >= 4 is 40.7 Å². The van der Waals surface area contributed by atoms with Crippen molar-refractivity contribution in [3.05, 3.63) is 51.7 Å². The van der Waals surface area contributed by atoms with Gasteiger partial charge in [-0.2, -0.15) is 0 Å². The third kappa shape index (κ3) is 4.77. The fourth-order valence-corrected chi connectivity index (χ4v) is 6.58. The lowest BCUT2D eigenvalue weighted by atomic mass is 9.92. The molecule has 3 aliphatic heterocycles. The minimum absolute atomic E-state index is 0.106. The van der Waals surface area contributed by atoms with Crippen LogP contribution in [0, 0.1) is 11.8 Å². The number of esters is 1. The Balaban J connectivity index is 1.30. The number of thiophene rings is 1. The Morgan fingerprint density at radius 3 is 2.51 bits per heavy atom. The summed E-state index contributed by atoms with van der Waals surface area (Å²) in [4.78, 5) is 58.6. The molecule has 2 saturated heterocycles. The lowest BCUT2D eigenvalue weighted by Crippen LogP contribution is -2.48. The first-order chi connectivity index (χ1) is 17.9. The number of amides is 3. The number of piperidine rings is 2. The number of nitrogens with zero attached hydrogens (tertiary/aromatic N) is 3. The van der Waals surface area contributed by atoms with Gasteiger partial charge in [-0.3, -0.25) is 24.1 Å². The first-order valence-electron chi connectivity index (χ1n) is 13.1. The molecule has 2 unspecified atom stereocenters. The summed E-state index contributed by atoms with van der Waals surface area (Å²) in [5.41, 5.74) is 1.61. The van der Waals surface area contributed by atoms with E-state index in [2.05, 4.69) is 4.90 Å². The van der Waals surface area contributed by atoms with Crippen molar-refractivity contribution in [2.24, 2.45) is 11.8 Å². The Hall–Kier alpha value is -3.20. The summed E-state index contributed by atoms with van der Waals surface area (Å²) >= 11 is 1.53. The molecule has 5 rings (SSSR count). The van der Waals surface area contributed by atoms with Gasteiger partial charge < -0.3 is 14.5 Å². The Bertz CT molecular complexity index is 1190. The number of ether oxygens (including phenoxy) is 1. The minimum Gasteiger partial charge on any atom is -0.466 e. The second-order valence-electron chi connectivity index (χ2n) is 10.0. The first kappa shape index (κ1) is 25.4. The van der Waals surface area contributed by atoms with E-state index in [0.29, 0.717) is 50.2 Å². The Morgan fingerprint density at radius 2 is 1.81 bits per heavy atom. The summed E-state index contributed by atoms with van der Waals surface area (Å²) in [5, 5.41) is 1.94. The van der Waals surface area contributed by atoms with Crippen LogP contribution in [0.15, 0.2) is 35.7 Å². The predicted octanol–water partition coefficient (Wildman–Crippen LogP) is 4.12. The molecular weight excluding hydrogens is 490 g/mol. The van der Waals surface area contributed by atoms with Gasteiger partial charge in [-0.15, -0.1) is 11.3 Å². The largest absolute Gasteiger partial charge is 0.466 e. The highest BCUT2D eigenvalue weighted by Crippen LogP contribution is 2.38. The number of likely N-dealkylation sites (tertiary alicyclic amines) is 1. The molecule has 0 saturated carbocycles. The molecule has 196 valence electrons. The van der Waals surface area contributed by atoms with E-state index in [1.54, 1.807) is 13.0 Å². The van der Waals surface area contributed by atoms with Crippen molar-refractivity contribution in [2.75, 3.05) is 37.7 Å². The van der Waals surface area contributed by atoms with E-state index in [4.69, 9.17) is 4.74 Å². The van der Waals surface area contributed by atoms with Gasteiger partial charge in [-0.1, -0.05) is 12.1 Å². The maximum Gasteiger partial charge on any atom is 0.309 e. The Kier molecular flexibility index (Phi) is 7.33. The van der Waals surface area contributed by atoms with Crippen LogP contribution in [0.25, 0.3) is 0 Å². The molecule has 3 amide bonds. The number of carbonyl (C=O) groups is 4. The maximum atomic E-state index is 13.6. The third-order valence-electron chi connectivity index (χ3n) is 7.80. The van der Waals surface area contributed by atoms with Gasteiger partial charge in [0.15, 0.2) is 0 Å². The van der Waals surface area contributed by atoms with Crippen molar-refractivity contribution in [3.8, 4) is 0 Å². The molecule has 0 aliphatic carbocycles. The quantitative estimate of drug-likeness (QED) is 0.418. The molecule has 0 radical (unpaired) electrons. The SMILES string of the molecule is CCOC(=O)C1CCN(C(=O)C2CCCN(c3cccc4c3C(=O)N(C(C)c3cccs3)C4=O)C2)CC1. The molecule has 2 aromatic rings. The lowest BCUT2D eigenvalue weighted by Gasteiger charge is -2.38. The Labute approximate surface area is 221 Å². The molecule has 3 aliphatic rings. The second-order valence-corrected chi connectivity index (χ2v) is 11.0. The summed E-state index contributed by atoms with van der Waals surface area (Å²) in [6, 6.07) is 8.96. The highest BCUT2D eigenvalue weighted by atomic mass is 32.1. The van der Waals surface area contributed by atoms with E-state index in [-0.39, 0.29) is 41.6 Å². The standard InChI is InChI=1S/C28H33N3O5S/c1-3-36-28(35)19-11-14-29(15-12-19)25(32)20-7-5-13-30(17-20)22-9-4-8-21-24(22)27(34)31(26(21)33)18(2)23-10-6-16-37-23/h4,6,8-10,16,18-20H,3,5,7,11-15,17H2,1-2H3. The molecule has 0 spiro atoms. The second kappa shape index (κ2) is 10.7. The summed E-state index contributed by atoms with van der Waals surface area (Å²) < 4.78 is 5.15. The van der Waals surface area contributed by atoms with E-state index in [1.807, 2.05) is 41.5 Å². The molecular formula is C28H33N3O5S. The van der Waals surface area contributed by atoms with Crippen LogP contribution in [-0.4, -0.2) is 66.3 Å². The molecule has 1 aromatic heterocycles. The van der Waals surface area contributed by atoms with Crippen molar-refractivity contribution in [2.45, 2.75) is 45.6 Å². The van der Waals surface area contributed by atoms with E-state index in [9.17, 15) is 19.2 Å². The van der Waals surface area contributed by atoms with Gasteiger partial charge in [0.1, 0.15) is 0 Å². The molecule has 0 N–H and O–H groups in total. The smallest absolute Gasteiger partial charge is 0.309 e. The van der Waals surface area contributed by atoms with E-state index >= 15 is 0 Å². The zero-order valence-corrected chi connectivity index (χ0v) is 22.2. The van der Waals surface area contributed by atoms with Crippen LogP contribution in [0.1, 0.15) is 71.2 Å². The molecule has 2 atom stereocenters. The number of hydrogen-bond acceptors (Lipinski definition) is 7. The van der Waals surface area contributed by atoms with E-state index < -0.39 is 0 Å². The van der Waals surface area contributed by atoms with Gasteiger partial charge in [0, 0.05) is 31.1 Å². The molecule has 0 bridgehead atoms. The summed E-state index contributed by atoms with van der Waals surface area (Å²) in [5.74, 6) is -0.922. The third-order valence-corrected chi connectivity index (χ3v) is 8.85. The highest BCUT2D eigenvalue weighted by molar-refractivity contribution is 7.10. The van der Waals surface area contributed by atoms with Crippen molar-refractivity contribution < 1.29 is 23.9 Å². The molecule has 2 fully saturated rings. The number of anilines is 1. The number of hydrogen-bond donors (Lipinski definition) is 0. The van der Waals surface area contributed by atoms with Gasteiger partial charge in [-0.05, 0) is 63.1 Å². The zero-order chi connectivity index (χ0) is 26.1. The van der Waals surface area contributed by atoms with Gasteiger partial charge in [0.05, 0.1) is 41.3 Å². The van der Waals surface area contributed by atoms with Crippen molar-refractivity contribution in [1.29, 1.82) is 0 Å². The normalized spacial score (nSPS) is 21.2. The van der Waals surface area contributed by atoms with Gasteiger partial charge >= 0.3 is 5.97 Å². The van der Waals surface area contributed by atoms with Crippen LogP contribution in [0.5, 0.6) is 0 Å². The average molecular weight is 524 g/mol. The van der Waals surface area contributed by atoms with Gasteiger partial charge in [-0.25, -0.2) is 0 Å². The molecule has 8 nitrogen and oxygen atoms in total. The fraction of sp³-hybridized carbons (Fsp3) is 0.500. The van der Waals surface area contributed by atoms with E-state index in [0.717, 1.165) is 30.0 Å². The number of carbonyl (C=O) groups excluding carboxylic acids is 4. The van der Waals surface area contributed by atoms with Gasteiger partial charge in [0.25, 0.3) is 11.8 Å². The molecule has 1 aromatic carbocycles. The topological polar surface area (TPSA) is 87.2 Å². The van der Waals surface area contributed by atoms with Crippen LogP contribution >= 0.6 is 11.3 Å². The highest BCUT2D eigenvalue weighted by Gasteiger charge is 2.42. The Morgan fingerprint density at radius 1 is 1.03 bits per heavy atom. The molecule has 9 heteroatoms. The molecule has 4 heterocycles. The van der Waals surface area contributed by atoms with E-state index in [1.165, 1.54) is 16.2 Å². The van der Waals surface area contributed by atoms with Crippen LogP contribution < -0.4 is 4.90 Å². The summed E-state index contributed by atoms with van der Waals surface area (Å²) in [6.45, 7) is 6.41. The predicted molar refractivity (Wildman–Crippen MR) is 141 cm³/mol. The van der Waals surface area contributed by atoms with Gasteiger partial charge in [0.2, 0.25) is 5.91 Å². The number of fused-ring (bicyclic) bond motifs is 1. The number of rotatable bonds is 6. The van der Waals surface area contributed by atoms with Crippen molar-refractivity contribution in [1.82, 2.24) is 9.80 Å². The first-order valence-corrected chi connectivity index (χ1v) is 14.0. The van der Waals surface area contributed by atoms with Crippen LogP contribution in [0.2, 0.25) is 0 Å². The maximum absolute atomic E-state index is 13.6. The van der Waals surface area contributed by atoms with Crippen LogP contribution in [0.4, 0.5) is 5.69 Å². The summed E-state index contributed by atoms with van der Waals surface area (Å²) in [6.07, 6.45) is 2.87. The lowest BCUT2D eigenvalue weighted by molar-refractivity contribution is -0.151. The number of imide groups is 1. The monoisotopic (exact) mass is 523 g/mol. The van der Waals surface area contributed by atoms with Crippen molar-refractivity contribution in [3.63, 3.8) is 0 Å². The van der Waals surface area contributed by atoms with Crippen LogP contribution in [-0.2, 0) is 14.3 Å². The zero-order valence-electron chi connectivity index (χ0n) is 21.4. The number of benzene rings is 1. The minimum atomic E-state index is -0.339.